The molecule has 0 spiro atoms. The van der Waals surface area contributed by atoms with Crippen LogP contribution in [0, 0.1) is 0 Å². The first-order valence-corrected chi connectivity index (χ1v) is 7.22. The third-order valence-electron chi connectivity index (χ3n) is 1.80. The fourth-order valence-corrected chi connectivity index (χ4v) is 2.66. The topological polar surface area (TPSA) is 58.5 Å². The normalized spacial score (nSPS) is 13.1. The van der Waals surface area contributed by atoms with Crippen LogP contribution in [-0.2, 0) is 4.74 Å². The molecule has 0 aromatic carbocycles. The molecule has 1 aromatic heterocycles. The molecule has 0 radical (unpaired) electrons. The van der Waals surface area contributed by atoms with Gasteiger partial charge in [0.15, 0.2) is 4.34 Å². The smallest absolute Gasteiger partial charge is 0.208 e. The van der Waals surface area contributed by atoms with Gasteiger partial charge in [0.05, 0.1) is 18.8 Å². The molecule has 1 heterocycles. The third kappa shape index (κ3) is 5.67. The van der Waals surface area contributed by atoms with Crippen molar-refractivity contribution in [3.05, 3.63) is 0 Å². The predicted molar refractivity (Wildman–Crippen MR) is 72.1 cm³/mol. The fraction of sp³-hybridized carbons (Fsp3) is 0.800. The van der Waals surface area contributed by atoms with E-state index in [9.17, 15) is 5.11 Å². The number of aliphatic hydroxyl groups is 1. The molecule has 1 aromatic rings. The monoisotopic (exact) mass is 277 g/mol. The van der Waals surface area contributed by atoms with Crippen LogP contribution in [0.3, 0.4) is 0 Å². The molecule has 17 heavy (non-hydrogen) atoms. The summed E-state index contributed by atoms with van der Waals surface area (Å²) in [5, 5.41) is 18.6. The number of nitrogens with zero attached hydrogens (tertiary/aromatic N) is 3. The van der Waals surface area contributed by atoms with Gasteiger partial charge in [0.2, 0.25) is 5.13 Å². The van der Waals surface area contributed by atoms with E-state index in [1.165, 1.54) is 23.1 Å². The Morgan fingerprint density at radius 2 is 2.12 bits per heavy atom. The number of ether oxygens (including phenoxy) is 1. The highest BCUT2D eigenvalue weighted by molar-refractivity contribution is 8.01. The minimum Gasteiger partial charge on any atom is -0.390 e. The van der Waals surface area contributed by atoms with Gasteiger partial charge in [0.1, 0.15) is 0 Å². The highest BCUT2D eigenvalue weighted by Gasteiger charge is 2.10. The Balaban J connectivity index is 2.29. The Morgan fingerprint density at radius 3 is 2.65 bits per heavy atom. The van der Waals surface area contributed by atoms with E-state index in [1.807, 2.05) is 32.8 Å². The van der Waals surface area contributed by atoms with E-state index in [0.717, 1.165) is 9.47 Å². The van der Waals surface area contributed by atoms with Crippen molar-refractivity contribution in [1.29, 1.82) is 0 Å². The van der Waals surface area contributed by atoms with E-state index in [-0.39, 0.29) is 6.10 Å². The van der Waals surface area contributed by atoms with Crippen LogP contribution in [0.25, 0.3) is 0 Å². The first-order chi connectivity index (χ1) is 7.99. The third-order valence-corrected chi connectivity index (χ3v) is 4.17. The summed E-state index contributed by atoms with van der Waals surface area (Å²) in [6, 6.07) is 0. The number of hydrogen-bond donors (Lipinski definition) is 1. The lowest BCUT2D eigenvalue weighted by molar-refractivity contribution is 0.0152. The van der Waals surface area contributed by atoms with Crippen molar-refractivity contribution < 1.29 is 9.84 Å². The van der Waals surface area contributed by atoms with Gasteiger partial charge < -0.3 is 14.7 Å². The summed E-state index contributed by atoms with van der Waals surface area (Å²) in [6.07, 6.45) is -0.314. The van der Waals surface area contributed by atoms with Gasteiger partial charge in [-0.2, -0.15) is 0 Å². The van der Waals surface area contributed by atoms with Gasteiger partial charge in [-0.3, -0.25) is 0 Å². The van der Waals surface area contributed by atoms with Crippen molar-refractivity contribution in [1.82, 2.24) is 10.2 Å². The summed E-state index contributed by atoms with van der Waals surface area (Å²) >= 11 is 3.03. The van der Waals surface area contributed by atoms with Crippen LogP contribution in [0.15, 0.2) is 4.34 Å². The van der Waals surface area contributed by atoms with Gasteiger partial charge in [0.25, 0.3) is 0 Å². The molecule has 0 bridgehead atoms. The van der Waals surface area contributed by atoms with Crippen LogP contribution in [0.5, 0.6) is 0 Å². The lowest BCUT2D eigenvalue weighted by Crippen LogP contribution is -2.20. The minimum atomic E-state index is -0.464. The summed E-state index contributed by atoms with van der Waals surface area (Å²) < 4.78 is 6.20. The van der Waals surface area contributed by atoms with E-state index in [1.54, 1.807) is 0 Å². The predicted octanol–water partition coefficient (Wildman–Crippen LogP) is 1.48. The molecule has 1 N–H and O–H groups in total. The molecule has 1 atom stereocenters. The van der Waals surface area contributed by atoms with Crippen LogP contribution in [-0.4, -0.2) is 54.0 Å². The van der Waals surface area contributed by atoms with Gasteiger partial charge in [-0.25, -0.2) is 0 Å². The summed E-state index contributed by atoms with van der Waals surface area (Å²) in [4.78, 5) is 1.92. The van der Waals surface area contributed by atoms with Crippen LogP contribution in [0.2, 0.25) is 0 Å². The van der Waals surface area contributed by atoms with E-state index in [2.05, 4.69) is 10.2 Å². The van der Waals surface area contributed by atoms with E-state index < -0.39 is 6.10 Å². The van der Waals surface area contributed by atoms with Crippen molar-refractivity contribution in [2.24, 2.45) is 0 Å². The SMILES string of the molecule is CC(C)OCC(O)CSc1nnc(N(C)C)s1. The first-order valence-electron chi connectivity index (χ1n) is 5.42. The Bertz CT molecular complexity index is 331. The second-order valence-corrected chi connectivity index (χ2v) is 6.31. The summed E-state index contributed by atoms with van der Waals surface area (Å²) in [5.41, 5.74) is 0. The molecule has 5 nitrogen and oxygen atoms in total. The summed E-state index contributed by atoms with van der Waals surface area (Å²) in [7, 11) is 3.86. The van der Waals surface area contributed by atoms with E-state index in [0.29, 0.717) is 12.4 Å². The Kier molecular flexibility index (Phi) is 6.18. The number of aromatic nitrogens is 2. The largest absolute Gasteiger partial charge is 0.390 e. The molecule has 1 rings (SSSR count). The average molecular weight is 277 g/mol. The quantitative estimate of drug-likeness (QED) is 0.762. The maximum atomic E-state index is 9.68. The van der Waals surface area contributed by atoms with Gasteiger partial charge in [-0.05, 0) is 13.8 Å². The zero-order valence-corrected chi connectivity index (χ0v) is 12.2. The molecule has 98 valence electrons. The van der Waals surface area contributed by atoms with Crippen LogP contribution in [0.4, 0.5) is 5.13 Å². The lowest BCUT2D eigenvalue weighted by Gasteiger charge is -2.12. The molecule has 0 amide bonds. The van der Waals surface area contributed by atoms with Gasteiger partial charge in [-0.15, -0.1) is 10.2 Å². The molecule has 0 fully saturated rings. The summed E-state index contributed by atoms with van der Waals surface area (Å²) in [5.74, 6) is 0.578. The van der Waals surface area contributed by atoms with Crippen LogP contribution < -0.4 is 4.90 Å². The minimum absolute atomic E-state index is 0.150. The highest BCUT2D eigenvalue weighted by Crippen LogP contribution is 2.27. The number of thioether (sulfide) groups is 1. The van der Waals surface area contributed by atoms with Gasteiger partial charge >= 0.3 is 0 Å². The van der Waals surface area contributed by atoms with Gasteiger partial charge in [-0.1, -0.05) is 23.1 Å². The number of rotatable bonds is 7. The van der Waals surface area contributed by atoms with Crippen LogP contribution in [0.1, 0.15) is 13.8 Å². The molecule has 1 unspecified atom stereocenters. The Labute approximate surface area is 110 Å². The second-order valence-electron chi connectivity index (χ2n) is 4.09. The van der Waals surface area contributed by atoms with Crippen molar-refractivity contribution in [3.8, 4) is 0 Å². The maximum absolute atomic E-state index is 9.68. The summed E-state index contributed by atoms with van der Waals surface area (Å²) in [6.45, 7) is 4.27. The molecule has 7 heteroatoms. The van der Waals surface area contributed by atoms with Crippen molar-refractivity contribution in [2.75, 3.05) is 31.4 Å². The zero-order chi connectivity index (χ0) is 12.8. The molecule has 0 saturated carbocycles. The fourth-order valence-electron chi connectivity index (χ4n) is 0.961. The van der Waals surface area contributed by atoms with Crippen molar-refractivity contribution >= 4 is 28.2 Å². The Morgan fingerprint density at radius 1 is 1.41 bits per heavy atom. The number of hydrogen-bond acceptors (Lipinski definition) is 7. The lowest BCUT2D eigenvalue weighted by atomic mass is 10.4. The van der Waals surface area contributed by atoms with E-state index in [4.69, 9.17) is 4.74 Å². The maximum Gasteiger partial charge on any atom is 0.208 e. The van der Waals surface area contributed by atoms with Crippen molar-refractivity contribution in [3.63, 3.8) is 0 Å². The van der Waals surface area contributed by atoms with Gasteiger partial charge in [0, 0.05) is 19.8 Å². The first kappa shape index (κ1) is 14.7. The van der Waals surface area contributed by atoms with Crippen molar-refractivity contribution in [2.45, 2.75) is 30.4 Å². The average Bonchev–Trinajstić information content (AvgIpc) is 2.72. The number of anilines is 1. The standard InChI is InChI=1S/C10H19N3O2S2/c1-7(2)15-5-8(14)6-16-10-12-11-9(17-10)13(3)4/h7-8,14H,5-6H2,1-4H3. The molecule has 0 saturated heterocycles. The molecule has 0 aliphatic carbocycles. The zero-order valence-electron chi connectivity index (χ0n) is 10.6. The van der Waals surface area contributed by atoms with Crippen LogP contribution >= 0.6 is 23.1 Å². The van der Waals surface area contributed by atoms with E-state index >= 15 is 0 Å². The highest BCUT2D eigenvalue weighted by atomic mass is 32.2. The molecular formula is C10H19N3O2S2. The number of aliphatic hydroxyl groups excluding tert-OH is 1. The Hall–Kier alpha value is -0.370. The molecule has 0 aliphatic rings. The second kappa shape index (κ2) is 7.15. The molecular weight excluding hydrogens is 258 g/mol. The molecule has 0 aliphatic heterocycles.